The molecule has 0 bridgehead atoms. The van der Waals surface area contributed by atoms with Crippen LogP contribution in [0.1, 0.15) is 11.6 Å². The first kappa shape index (κ1) is 19.1. The lowest BCUT2D eigenvalue weighted by atomic mass is 10.0. The van der Waals surface area contributed by atoms with Crippen molar-refractivity contribution < 1.29 is 27.8 Å². The number of halogens is 5. The number of rotatable bonds is 4. The minimum atomic E-state index is -4.84. The zero-order valence-electron chi connectivity index (χ0n) is 10.6. The van der Waals surface area contributed by atoms with Gasteiger partial charge in [-0.05, 0) is 11.6 Å². The quantitative estimate of drug-likeness (QED) is 0.887. The number of alkyl halides is 3. The Kier molecular flexibility index (Phi) is 6.89. The molecule has 4 nitrogen and oxygen atoms in total. The van der Waals surface area contributed by atoms with E-state index in [-0.39, 0.29) is 34.5 Å². The van der Waals surface area contributed by atoms with Crippen molar-refractivity contribution in [3.8, 4) is 11.5 Å². The fraction of sp³-hybridized carbons (Fsp3) is 0.455. The first-order chi connectivity index (χ1) is 8.73. The summed E-state index contributed by atoms with van der Waals surface area (Å²) in [6.07, 6.45) is -7.56. The van der Waals surface area contributed by atoms with Crippen molar-refractivity contribution in [1.29, 1.82) is 0 Å². The molecule has 0 aliphatic heterocycles. The second-order valence-electron chi connectivity index (χ2n) is 3.72. The molecule has 1 aromatic rings. The Bertz CT molecular complexity index is 457. The van der Waals surface area contributed by atoms with Crippen molar-refractivity contribution in [2.75, 3.05) is 14.2 Å². The summed E-state index contributed by atoms with van der Waals surface area (Å²) in [5.41, 5.74) is 5.31. The van der Waals surface area contributed by atoms with E-state index in [1.54, 1.807) is 0 Å². The van der Waals surface area contributed by atoms with Gasteiger partial charge in [-0.15, -0.1) is 12.4 Å². The summed E-state index contributed by atoms with van der Waals surface area (Å²) in [7, 11) is 2.65. The molecule has 0 amide bonds. The SMILES string of the molecule is COc1ccc([C@@H](N)[C@@H](O)C(F)(F)F)c(Cl)c1OC.Cl. The van der Waals surface area contributed by atoms with E-state index >= 15 is 0 Å². The van der Waals surface area contributed by atoms with Gasteiger partial charge in [0.05, 0.1) is 25.3 Å². The van der Waals surface area contributed by atoms with Crippen LogP contribution in [0.25, 0.3) is 0 Å². The third kappa shape index (κ3) is 3.82. The molecule has 0 unspecified atom stereocenters. The van der Waals surface area contributed by atoms with Crippen LogP contribution in [0.15, 0.2) is 12.1 Å². The van der Waals surface area contributed by atoms with Crippen molar-refractivity contribution in [1.82, 2.24) is 0 Å². The normalized spacial score (nSPS) is 14.2. The molecule has 0 spiro atoms. The molecule has 0 fully saturated rings. The van der Waals surface area contributed by atoms with E-state index in [4.69, 9.17) is 31.9 Å². The molecule has 3 N–H and O–H groups in total. The van der Waals surface area contributed by atoms with E-state index in [1.165, 1.54) is 26.4 Å². The van der Waals surface area contributed by atoms with Gasteiger partial charge in [-0.25, -0.2) is 0 Å². The van der Waals surface area contributed by atoms with Crippen LogP contribution in [0.3, 0.4) is 0 Å². The lowest BCUT2D eigenvalue weighted by Gasteiger charge is -2.23. The predicted molar refractivity (Wildman–Crippen MR) is 70.8 cm³/mol. The Hall–Kier alpha value is -0.890. The highest BCUT2D eigenvalue weighted by Crippen LogP contribution is 2.41. The maximum atomic E-state index is 12.4. The second-order valence-corrected chi connectivity index (χ2v) is 4.09. The minimum Gasteiger partial charge on any atom is -0.493 e. The fourth-order valence-corrected chi connectivity index (χ4v) is 1.89. The van der Waals surface area contributed by atoms with Gasteiger partial charge in [0, 0.05) is 0 Å². The van der Waals surface area contributed by atoms with Gasteiger partial charge < -0.3 is 20.3 Å². The Morgan fingerprint density at radius 2 is 1.80 bits per heavy atom. The molecule has 2 atom stereocenters. The largest absolute Gasteiger partial charge is 0.493 e. The van der Waals surface area contributed by atoms with Crippen LogP contribution in [0, 0.1) is 0 Å². The first-order valence-corrected chi connectivity index (χ1v) is 5.52. The number of ether oxygens (including phenoxy) is 2. The lowest BCUT2D eigenvalue weighted by Crippen LogP contribution is -2.39. The lowest BCUT2D eigenvalue weighted by molar-refractivity contribution is -0.210. The van der Waals surface area contributed by atoms with Gasteiger partial charge in [0.15, 0.2) is 17.6 Å². The number of benzene rings is 1. The fourth-order valence-electron chi connectivity index (χ4n) is 1.54. The Morgan fingerprint density at radius 3 is 2.20 bits per heavy atom. The van der Waals surface area contributed by atoms with E-state index in [0.717, 1.165) is 0 Å². The zero-order chi connectivity index (χ0) is 14.8. The number of aliphatic hydroxyl groups excluding tert-OH is 1. The van der Waals surface area contributed by atoms with Crippen LogP contribution >= 0.6 is 24.0 Å². The zero-order valence-corrected chi connectivity index (χ0v) is 12.1. The van der Waals surface area contributed by atoms with Gasteiger partial charge >= 0.3 is 6.18 Å². The molecule has 116 valence electrons. The summed E-state index contributed by atoms with van der Waals surface area (Å²) < 4.78 is 47.1. The topological polar surface area (TPSA) is 64.7 Å². The summed E-state index contributed by atoms with van der Waals surface area (Å²) in [5, 5.41) is 9.01. The van der Waals surface area contributed by atoms with Crippen molar-refractivity contribution in [3.05, 3.63) is 22.7 Å². The number of hydrogen-bond acceptors (Lipinski definition) is 4. The molecule has 0 aromatic heterocycles. The minimum absolute atomic E-state index is 0. The maximum Gasteiger partial charge on any atom is 0.416 e. The molecule has 0 heterocycles. The standard InChI is InChI=1S/C11H13ClF3NO3.ClH/c1-18-6-4-3-5(7(12)9(6)19-2)8(16)10(17)11(13,14)15;/h3-4,8,10,17H,16H2,1-2H3;1H/t8-,10-;/m1./s1. The highest BCUT2D eigenvalue weighted by molar-refractivity contribution is 6.33. The van der Waals surface area contributed by atoms with Gasteiger partial charge in [0.2, 0.25) is 0 Å². The average Bonchev–Trinajstić information content (AvgIpc) is 2.35. The molecular weight excluding hydrogens is 322 g/mol. The predicted octanol–water partition coefficient (Wildman–Crippen LogP) is 2.70. The van der Waals surface area contributed by atoms with Gasteiger partial charge in [-0.3, -0.25) is 0 Å². The van der Waals surface area contributed by atoms with E-state index in [1.807, 2.05) is 0 Å². The monoisotopic (exact) mass is 335 g/mol. The molecular formula is C11H14Cl2F3NO3. The Morgan fingerprint density at radius 1 is 1.25 bits per heavy atom. The van der Waals surface area contributed by atoms with Gasteiger partial charge in [0.25, 0.3) is 0 Å². The summed E-state index contributed by atoms with van der Waals surface area (Å²) >= 11 is 5.92. The molecule has 0 saturated heterocycles. The third-order valence-corrected chi connectivity index (χ3v) is 2.94. The van der Waals surface area contributed by atoms with E-state index in [2.05, 4.69) is 0 Å². The van der Waals surface area contributed by atoms with Gasteiger partial charge in [-0.2, -0.15) is 13.2 Å². The van der Waals surface area contributed by atoms with E-state index in [9.17, 15) is 13.2 Å². The molecule has 20 heavy (non-hydrogen) atoms. The van der Waals surface area contributed by atoms with Crippen molar-refractivity contribution in [2.45, 2.75) is 18.3 Å². The molecule has 0 radical (unpaired) electrons. The van der Waals surface area contributed by atoms with Gasteiger partial charge in [0.1, 0.15) is 0 Å². The summed E-state index contributed by atoms with van der Waals surface area (Å²) in [4.78, 5) is 0. The molecule has 1 aromatic carbocycles. The van der Waals surface area contributed by atoms with Crippen LogP contribution in [-0.2, 0) is 0 Å². The first-order valence-electron chi connectivity index (χ1n) is 5.14. The summed E-state index contributed by atoms with van der Waals surface area (Å²) in [6, 6.07) is 0.902. The van der Waals surface area contributed by atoms with Crippen molar-refractivity contribution in [2.24, 2.45) is 5.73 Å². The van der Waals surface area contributed by atoms with Crippen molar-refractivity contribution in [3.63, 3.8) is 0 Å². The average molecular weight is 336 g/mol. The maximum absolute atomic E-state index is 12.4. The number of methoxy groups -OCH3 is 2. The van der Waals surface area contributed by atoms with Crippen LogP contribution in [-0.4, -0.2) is 31.6 Å². The molecule has 0 aliphatic rings. The van der Waals surface area contributed by atoms with E-state index in [0.29, 0.717) is 0 Å². The molecule has 1 rings (SSSR count). The van der Waals surface area contributed by atoms with Crippen LogP contribution in [0.5, 0.6) is 11.5 Å². The van der Waals surface area contributed by atoms with Gasteiger partial charge in [-0.1, -0.05) is 17.7 Å². The summed E-state index contributed by atoms with van der Waals surface area (Å²) in [5.74, 6) is 0.316. The third-order valence-electron chi connectivity index (χ3n) is 2.55. The summed E-state index contributed by atoms with van der Waals surface area (Å²) in [6.45, 7) is 0. The van der Waals surface area contributed by atoms with Crippen LogP contribution in [0.2, 0.25) is 5.02 Å². The number of aliphatic hydroxyl groups is 1. The molecule has 0 saturated carbocycles. The number of nitrogens with two attached hydrogens (primary N) is 1. The van der Waals surface area contributed by atoms with Crippen LogP contribution in [0.4, 0.5) is 13.2 Å². The van der Waals surface area contributed by atoms with Crippen LogP contribution < -0.4 is 15.2 Å². The Labute approximate surface area is 125 Å². The Balaban J connectivity index is 0.00000361. The molecule has 9 heteroatoms. The smallest absolute Gasteiger partial charge is 0.416 e. The number of hydrogen-bond donors (Lipinski definition) is 2. The van der Waals surface area contributed by atoms with E-state index < -0.39 is 18.3 Å². The highest BCUT2D eigenvalue weighted by Gasteiger charge is 2.43. The van der Waals surface area contributed by atoms with Crippen molar-refractivity contribution >= 4 is 24.0 Å². The molecule has 0 aliphatic carbocycles. The highest BCUT2D eigenvalue weighted by atomic mass is 35.5. The second kappa shape index (κ2) is 7.21.